The second-order valence-electron chi connectivity index (χ2n) is 3.73. The van der Waals surface area contributed by atoms with E-state index in [1.54, 1.807) is 12.1 Å². The highest BCUT2D eigenvalue weighted by molar-refractivity contribution is 5.90. The first kappa shape index (κ1) is 13.1. The fraction of sp³-hybridized carbons (Fsp3) is 0. The summed E-state index contributed by atoms with van der Waals surface area (Å²) in [5.41, 5.74) is 4.83. The van der Waals surface area contributed by atoms with E-state index in [0.29, 0.717) is 0 Å². The van der Waals surface area contributed by atoms with Gasteiger partial charge in [0.2, 0.25) is 0 Å². The molecule has 0 spiro atoms. The summed E-state index contributed by atoms with van der Waals surface area (Å²) < 4.78 is 14.8. The summed E-state index contributed by atoms with van der Waals surface area (Å²) >= 11 is 0. The van der Waals surface area contributed by atoms with Gasteiger partial charge in [-0.15, -0.1) is 0 Å². The van der Waals surface area contributed by atoms with Crippen LogP contribution in [0, 0.1) is 28.5 Å². The van der Waals surface area contributed by atoms with E-state index in [0.717, 1.165) is 23.0 Å². The van der Waals surface area contributed by atoms with Crippen molar-refractivity contribution in [2.24, 2.45) is 0 Å². The van der Waals surface area contributed by atoms with E-state index in [-0.39, 0.29) is 22.8 Å². The number of rotatable bonds is 2. The fourth-order valence-electron chi connectivity index (χ4n) is 1.67. The minimum absolute atomic E-state index is 0.0399. The SMILES string of the molecule is N#Cc1ncn(-c2cc(F)c(C(=O)O)cc2N)c1C#N. The zero-order chi connectivity index (χ0) is 14.9. The molecule has 0 fully saturated rings. The molecule has 1 aromatic carbocycles. The van der Waals surface area contributed by atoms with Gasteiger partial charge >= 0.3 is 5.97 Å². The van der Waals surface area contributed by atoms with Gasteiger partial charge < -0.3 is 10.8 Å². The highest BCUT2D eigenvalue weighted by Gasteiger charge is 2.18. The average Bonchev–Trinajstić information content (AvgIpc) is 2.83. The zero-order valence-electron chi connectivity index (χ0n) is 9.83. The van der Waals surface area contributed by atoms with Gasteiger partial charge in [-0.3, -0.25) is 4.57 Å². The van der Waals surface area contributed by atoms with Crippen LogP contribution < -0.4 is 5.73 Å². The van der Waals surface area contributed by atoms with Crippen molar-refractivity contribution < 1.29 is 14.3 Å². The Morgan fingerprint density at radius 2 is 2.10 bits per heavy atom. The number of halogens is 1. The Bertz CT molecular complexity index is 797. The number of imidazole rings is 1. The average molecular weight is 271 g/mol. The second kappa shape index (κ2) is 4.71. The molecule has 0 bridgehead atoms. The smallest absolute Gasteiger partial charge is 0.338 e. The number of carboxylic acids is 1. The van der Waals surface area contributed by atoms with E-state index < -0.39 is 17.3 Å². The monoisotopic (exact) mass is 271 g/mol. The molecule has 0 unspecified atom stereocenters. The van der Waals surface area contributed by atoms with Gasteiger partial charge in [0.15, 0.2) is 11.4 Å². The van der Waals surface area contributed by atoms with Crippen LogP contribution in [-0.2, 0) is 0 Å². The van der Waals surface area contributed by atoms with E-state index in [1.807, 2.05) is 0 Å². The number of carbonyl (C=O) groups is 1. The molecule has 98 valence electrons. The van der Waals surface area contributed by atoms with Gasteiger partial charge in [0.05, 0.1) is 16.9 Å². The third kappa shape index (κ3) is 1.91. The molecular formula is C12H6FN5O2. The quantitative estimate of drug-likeness (QED) is 0.785. The number of aromatic nitrogens is 2. The van der Waals surface area contributed by atoms with Crippen LogP contribution >= 0.6 is 0 Å². The molecule has 0 aliphatic rings. The molecule has 2 aromatic rings. The third-order valence-electron chi connectivity index (χ3n) is 2.59. The predicted octanol–water partition coefficient (Wildman–Crippen LogP) is 1.04. The number of carboxylic acid groups (broad SMARTS) is 1. The van der Waals surface area contributed by atoms with Crippen LogP contribution in [0.1, 0.15) is 21.7 Å². The van der Waals surface area contributed by atoms with Crippen LogP contribution in [0.2, 0.25) is 0 Å². The van der Waals surface area contributed by atoms with Gasteiger partial charge in [-0.1, -0.05) is 0 Å². The summed E-state index contributed by atoms with van der Waals surface area (Å²) in [5, 5.41) is 26.6. The molecule has 0 atom stereocenters. The summed E-state index contributed by atoms with van der Waals surface area (Å²) in [6.45, 7) is 0. The molecule has 0 amide bonds. The Morgan fingerprint density at radius 1 is 1.40 bits per heavy atom. The topological polar surface area (TPSA) is 129 Å². The van der Waals surface area contributed by atoms with Crippen molar-refractivity contribution >= 4 is 11.7 Å². The van der Waals surface area contributed by atoms with Crippen LogP contribution in [0.3, 0.4) is 0 Å². The van der Waals surface area contributed by atoms with Crippen LogP contribution in [-0.4, -0.2) is 20.6 Å². The number of nitrogens with two attached hydrogens (primary N) is 1. The fourth-order valence-corrected chi connectivity index (χ4v) is 1.67. The van der Waals surface area contributed by atoms with Crippen molar-refractivity contribution in [1.29, 1.82) is 10.5 Å². The summed E-state index contributed by atoms with van der Waals surface area (Å²) in [4.78, 5) is 14.5. The normalized spacial score (nSPS) is 9.75. The Kier molecular flexibility index (Phi) is 3.07. The highest BCUT2D eigenvalue weighted by atomic mass is 19.1. The molecule has 0 saturated heterocycles. The number of nitrogen functional groups attached to an aromatic ring is 1. The summed E-state index contributed by atoms with van der Waals surface area (Å²) in [6, 6.07) is 5.30. The largest absolute Gasteiger partial charge is 0.478 e. The molecule has 0 aliphatic heterocycles. The zero-order valence-corrected chi connectivity index (χ0v) is 9.83. The summed E-state index contributed by atoms with van der Waals surface area (Å²) in [6.07, 6.45) is 1.14. The maximum atomic E-state index is 13.7. The van der Waals surface area contributed by atoms with Crippen LogP contribution in [0.4, 0.5) is 10.1 Å². The highest BCUT2D eigenvalue weighted by Crippen LogP contribution is 2.24. The van der Waals surface area contributed by atoms with E-state index in [9.17, 15) is 9.18 Å². The van der Waals surface area contributed by atoms with Gasteiger partial charge in [-0.05, 0) is 6.07 Å². The molecule has 20 heavy (non-hydrogen) atoms. The maximum absolute atomic E-state index is 13.7. The predicted molar refractivity (Wildman–Crippen MR) is 64.3 cm³/mol. The summed E-state index contributed by atoms with van der Waals surface area (Å²) in [5.74, 6) is -2.46. The molecule has 0 saturated carbocycles. The number of benzene rings is 1. The third-order valence-corrected chi connectivity index (χ3v) is 2.59. The number of hydrogen-bond acceptors (Lipinski definition) is 5. The minimum atomic E-state index is -1.45. The van der Waals surface area contributed by atoms with Crippen LogP contribution in [0.25, 0.3) is 5.69 Å². The number of anilines is 1. The molecule has 2 rings (SSSR count). The van der Waals surface area contributed by atoms with Gasteiger partial charge in [-0.2, -0.15) is 10.5 Å². The lowest BCUT2D eigenvalue weighted by molar-refractivity contribution is 0.0692. The first-order valence-electron chi connectivity index (χ1n) is 5.19. The second-order valence-corrected chi connectivity index (χ2v) is 3.73. The first-order chi connectivity index (χ1) is 9.49. The number of aromatic carboxylic acids is 1. The molecule has 0 aliphatic carbocycles. The lowest BCUT2D eigenvalue weighted by Gasteiger charge is -2.09. The lowest BCUT2D eigenvalue weighted by Crippen LogP contribution is -2.07. The van der Waals surface area contributed by atoms with E-state index >= 15 is 0 Å². The lowest BCUT2D eigenvalue weighted by atomic mass is 10.1. The number of nitriles is 2. The van der Waals surface area contributed by atoms with Crippen molar-refractivity contribution in [2.45, 2.75) is 0 Å². The van der Waals surface area contributed by atoms with E-state index in [1.165, 1.54) is 0 Å². The molecule has 1 heterocycles. The van der Waals surface area contributed by atoms with E-state index in [2.05, 4.69) is 4.98 Å². The van der Waals surface area contributed by atoms with Crippen molar-refractivity contribution in [3.05, 3.63) is 41.2 Å². The van der Waals surface area contributed by atoms with Gasteiger partial charge in [0.1, 0.15) is 24.3 Å². The standard InChI is InChI=1S/C12H6FN5O2/c13-7-2-10(8(16)1-6(7)12(19)20)18-5-17-9(3-14)11(18)4-15/h1-2,5H,16H2,(H,19,20). The Morgan fingerprint density at radius 3 is 2.65 bits per heavy atom. The maximum Gasteiger partial charge on any atom is 0.338 e. The number of nitrogens with zero attached hydrogens (tertiary/aromatic N) is 4. The van der Waals surface area contributed by atoms with Gasteiger partial charge in [-0.25, -0.2) is 14.2 Å². The number of hydrogen-bond donors (Lipinski definition) is 2. The van der Waals surface area contributed by atoms with Crippen molar-refractivity contribution in [3.63, 3.8) is 0 Å². The van der Waals surface area contributed by atoms with Crippen LogP contribution in [0.5, 0.6) is 0 Å². The van der Waals surface area contributed by atoms with Crippen molar-refractivity contribution in [2.75, 3.05) is 5.73 Å². The molecule has 3 N–H and O–H groups in total. The Hall–Kier alpha value is -3.39. The van der Waals surface area contributed by atoms with Crippen molar-refractivity contribution in [1.82, 2.24) is 9.55 Å². The molecule has 1 aromatic heterocycles. The van der Waals surface area contributed by atoms with Crippen LogP contribution in [0.15, 0.2) is 18.5 Å². The first-order valence-corrected chi connectivity index (χ1v) is 5.19. The molecule has 0 radical (unpaired) electrons. The van der Waals surface area contributed by atoms with Gasteiger partial charge in [0.25, 0.3) is 0 Å². The van der Waals surface area contributed by atoms with Gasteiger partial charge in [0, 0.05) is 6.07 Å². The molecule has 7 nitrogen and oxygen atoms in total. The summed E-state index contributed by atoms with van der Waals surface area (Å²) in [7, 11) is 0. The molecular weight excluding hydrogens is 265 g/mol. The Labute approximate surface area is 111 Å². The van der Waals surface area contributed by atoms with E-state index in [4.69, 9.17) is 21.4 Å². The van der Waals surface area contributed by atoms with Crippen molar-refractivity contribution in [3.8, 4) is 17.8 Å². The Balaban J connectivity index is 2.70. The molecule has 8 heteroatoms. The minimum Gasteiger partial charge on any atom is -0.478 e.